The van der Waals surface area contributed by atoms with Gasteiger partial charge in [-0.05, 0) is 28.9 Å². The number of fused-ring (bicyclic) bond motifs is 3. The number of pyridine rings is 1. The molecule has 2 aliphatic rings. The molecule has 5 rings (SSSR count). The Kier molecular flexibility index (Phi) is 5.42. The number of hydrogen-bond donors (Lipinski definition) is 2. The Morgan fingerprint density at radius 2 is 1.50 bits per heavy atom. The zero-order valence-corrected chi connectivity index (χ0v) is 21.9. The highest BCUT2D eigenvalue weighted by molar-refractivity contribution is 6.61. The Morgan fingerprint density at radius 3 is 2.11 bits per heavy atom. The Morgan fingerprint density at radius 1 is 0.889 bits per heavy atom. The normalized spacial score (nSPS) is 20.8. The van der Waals surface area contributed by atoms with Gasteiger partial charge in [0.05, 0.1) is 29.3 Å². The number of aliphatic imine (C=N–C) groups is 1. The second kappa shape index (κ2) is 7.84. The molecule has 0 aliphatic carbocycles. The van der Waals surface area contributed by atoms with Crippen molar-refractivity contribution < 1.29 is 13.5 Å². The number of aromatic amines is 1. The number of H-pyrrole nitrogens is 1. The first-order valence-corrected chi connectivity index (χ1v) is 12.0. The molecule has 7 nitrogen and oxygen atoms in total. The lowest BCUT2D eigenvalue weighted by atomic mass is 9.30. The van der Waals surface area contributed by atoms with Gasteiger partial charge < -0.3 is 15.0 Å². The number of aromatic nitrogens is 3. The molecule has 0 unspecified atom stereocenters. The van der Waals surface area contributed by atoms with Gasteiger partial charge in [0, 0.05) is 16.4 Å². The highest BCUT2D eigenvalue weighted by Gasteiger charge is 2.59. The first-order chi connectivity index (χ1) is 16.7. The van der Waals surface area contributed by atoms with E-state index in [1.54, 1.807) is 12.4 Å². The second-order valence-electron chi connectivity index (χ2n) is 11.5. The van der Waals surface area contributed by atoms with Crippen LogP contribution in [0.1, 0.15) is 5.56 Å². The lowest BCUT2D eigenvalue weighted by molar-refractivity contribution is -0.0256. The molecule has 0 bridgehead atoms. The predicted molar refractivity (Wildman–Crippen MR) is 161 cm³/mol. The SMILES string of the molecule is BC1(B)OC(B)(B)C(B)(B)N(c2cc3c(cn2)NC(c2c(F)cccc2F)=Nc2cn[nH]c2-3)C1(B)B. The Bertz CT molecular complexity index is 1370. The van der Waals surface area contributed by atoms with Crippen LogP contribution in [0.2, 0.25) is 0 Å². The molecule has 17 heteroatoms. The molecule has 2 aromatic heterocycles. The maximum atomic E-state index is 14.7. The van der Waals surface area contributed by atoms with Crippen molar-refractivity contribution in [3.63, 3.8) is 0 Å². The molecule has 0 atom stereocenters. The van der Waals surface area contributed by atoms with Crippen molar-refractivity contribution >= 4 is 85.8 Å². The molecule has 1 fully saturated rings. The van der Waals surface area contributed by atoms with E-state index in [9.17, 15) is 8.78 Å². The molecular weight excluding hydrogens is 453 g/mol. The Labute approximate surface area is 216 Å². The van der Waals surface area contributed by atoms with E-state index in [0.29, 0.717) is 17.1 Å². The monoisotopic (exact) mass is 478 g/mol. The average Bonchev–Trinajstić information content (AvgIpc) is 3.14. The summed E-state index contributed by atoms with van der Waals surface area (Å²) >= 11 is 0. The maximum Gasteiger partial charge on any atom is 0.144 e. The van der Waals surface area contributed by atoms with Gasteiger partial charge in [-0.15, -0.1) is 0 Å². The van der Waals surface area contributed by atoms with Crippen molar-refractivity contribution in [1.29, 1.82) is 0 Å². The zero-order valence-electron chi connectivity index (χ0n) is 21.9. The van der Waals surface area contributed by atoms with E-state index in [-0.39, 0.29) is 11.4 Å². The minimum atomic E-state index is -0.708. The van der Waals surface area contributed by atoms with Gasteiger partial charge >= 0.3 is 0 Å². The quantitative estimate of drug-likeness (QED) is 0.362. The van der Waals surface area contributed by atoms with Gasteiger partial charge in [-0.1, -0.05) is 6.07 Å². The summed E-state index contributed by atoms with van der Waals surface area (Å²) in [5.74, 6) is -0.617. The summed E-state index contributed by atoms with van der Waals surface area (Å²) in [4.78, 5) is 11.7. The van der Waals surface area contributed by atoms with Crippen molar-refractivity contribution in [2.24, 2.45) is 4.99 Å². The number of morpholine rings is 1. The van der Waals surface area contributed by atoms with Crippen LogP contribution in [0, 0.1) is 11.6 Å². The summed E-state index contributed by atoms with van der Waals surface area (Å²) < 4.78 is 35.9. The molecule has 2 N–H and O–H groups in total. The number of rotatable bonds is 2. The molecular formula is C19H24B8F2N6O. The number of hydrogen-bond acceptors (Lipinski definition) is 6. The largest absolute Gasteiger partial charge is 0.402 e. The predicted octanol–water partition coefficient (Wildman–Crippen LogP) is -5.23. The number of nitrogens with zero attached hydrogens (tertiary/aromatic N) is 4. The number of nitrogens with one attached hydrogen (secondary N) is 2. The van der Waals surface area contributed by atoms with Crippen molar-refractivity contribution in [3.8, 4) is 11.3 Å². The summed E-state index contributed by atoms with van der Waals surface area (Å²) in [6.07, 6.45) is 3.22. The molecule has 1 aromatic carbocycles. The topological polar surface area (TPSA) is 78.4 Å². The molecule has 2 aliphatic heterocycles. The van der Waals surface area contributed by atoms with E-state index >= 15 is 0 Å². The van der Waals surface area contributed by atoms with E-state index in [4.69, 9.17) is 9.72 Å². The van der Waals surface area contributed by atoms with Crippen LogP contribution >= 0.6 is 0 Å². The second-order valence-corrected chi connectivity index (χ2v) is 11.5. The summed E-state index contributed by atoms with van der Waals surface area (Å²) in [5, 5.41) is 8.44. The van der Waals surface area contributed by atoms with Gasteiger partial charge in [0.1, 0.15) is 91.7 Å². The van der Waals surface area contributed by atoms with Crippen molar-refractivity contribution in [1.82, 2.24) is 15.2 Å². The third-order valence-electron chi connectivity index (χ3n) is 8.27. The fourth-order valence-electron chi connectivity index (χ4n) is 5.25. The van der Waals surface area contributed by atoms with Gasteiger partial charge in [-0.25, -0.2) is 18.8 Å². The van der Waals surface area contributed by atoms with Gasteiger partial charge in [0.2, 0.25) is 0 Å². The molecule has 0 radical (unpaired) electrons. The van der Waals surface area contributed by atoms with Crippen LogP contribution < -0.4 is 10.2 Å². The van der Waals surface area contributed by atoms with Gasteiger partial charge in [-0.3, -0.25) is 5.10 Å². The molecule has 4 heterocycles. The van der Waals surface area contributed by atoms with Gasteiger partial charge in [0.25, 0.3) is 0 Å². The molecule has 36 heavy (non-hydrogen) atoms. The Balaban J connectivity index is 1.68. The van der Waals surface area contributed by atoms with E-state index in [1.165, 1.54) is 18.2 Å². The van der Waals surface area contributed by atoms with Crippen LogP contribution in [-0.4, -0.2) is 105 Å². The fourth-order valence-corrected chi connectivity index (χ4v) is 5.25. The van der Waals surface area contributed by atoms with E-state index in [0.717, 1.165) is 11.4 Å². The summed E-state index contributed by atoms with van der Waals surface area (Å²) in [6, 6.07) is 5.71. The minimum Gasteiger partial charge on any atom is -0.402 e. The highest BCUT2D eigenvalue weighted by atomic mass is 19.1. The molecule has 174 valence electrons. The molecule has 0 spiro atoms. The number of ether oxygens (including phenoxy) is 1. The van der Waals surface area contributed by atoms with Gasteiger partial charge in [0.15, 0.2) is 0 Å². The standard InChI is InChI=1S/C19H24B8F2N6O/c20-16(21)18(24,25)36-19(26,27)17(22,23)35(16)12-4-7-10(5-30-12)32-15(33-11-6-31-34-14(7)11)13-8(28)2-1-3-9(13)29/h1-6H,20-27H2,(H,31,34)(H,32,33). The highest BCUT2D eigenvalue weighted by Crippen LogP contribution is 2.45. The van der Waals surface area contributed by atoms with E-state index in [2.05, 4.69) is 88.2 Å². The van der Waals surface area contributed by atoms with Crippen LogP contribution in [0.5, 0.6) is 0 Å². The van der Waals surface area contributed by atoms with Crippen LogP contribution in [0.3, 0.4) is 0 Å². The van der Waals surface area contributed by atoms with Crippen LogP contribution in [0.4, 0.5) is 26.0 Å². The van der Waals surface area contributed by atoms with E-state index in [1.807, 2.05) is 6.07 Å². The third-order valence-corrected chi connectivity index (χ3v) is 8.27. The molecule has 3 aromatic rings. The zero-order chi connectivity index (χ0) is 26.3. The lowest BCUT2D eigenvalue weighted by Gasteiger charge is -2.69. The average molecular weight is 477 g/mol. The number of halogens is 2. The van der Waals surface area contributed by atoms with Crippen molar-refractivity contribution in [3.05, 3.63) is 53.9 Å². The number of benzene rings is 1. The first kappa shape index (κ1) is 24.9. The Hall–Kier alpha value is -2.81. The number of anilines is 2. The van der Waals surface area contributed by atoms with E-state index < -0.39 is 33.1 Å². The minimum absolute atomic E-state index is 0.0517. The smallest absolute Gasteiger partial charge is 0.144 e. The molecule has 0 amide bonds. The van der Waals surface area contributed by atoms with Crippen molar-refractivity contribution in [2.75, 3.05) is 10.2 Å². The maximum absolute atomic E-state index is 14.7. The van der Waals surface area contributed by atoms with Crippen LogP contribution in [0.15, 0.2) is 41.7 Å². The molecule has 1 saturated heterocycles. The number of amidine groups is 1. The lowest BCUT2D eigenvalue weighted by Crippen LogP contribution is -2.86. The van der Waals surface area contributed by atoms with Gasteiger partial charge in [-0.2, -0.15) is 5.10 Å². The summed E-state index contributed by atoms with van der Waals surface area (Å²) in [7, 11) is 17.0. The first-order valence-electron chi connectivity index (χ1n) is 12.0. The van der Waals surface area contributed by atoms with Crippen molar-refractivity contribution in [2.45, 2.75) is 21.5 Å². The van der Waals surface area contributed by atoms with Crippen LogP contribution in [0.25, 0.3) is 11.3 Å². The third kappa shape index (κ3) is 3.49. The summed E-state index contributed by atoms with van der Waals surface area (Å²) in [6.45, 7) is 0. The fraction of sp³-hybridized carbons (Fsp3) is 0.211. The summed E-state index contributed by atoms with van der Waals surface area (Å²) in [5.41, 5.74) is 2.18. The molecule has 0 saturated carbocycles. The van der Waals surface area contributed by atoms with Crippen LogP contribution in [-0.2, 0) is 4.74 Å².